The van der Waals surface area contributed by atoms with Crippen molar-refractivity contribution in [3.63, 3.8) is 0 Å². The number of aromatic amines is 1. The highest BCUT2D eigenvalue weighted by Gasteiger charge is 2.21. The summed E-state index contributed by atoms with van der Waals surface area (Å²) in [6, 6.07) is 18.0. The summed E-state index contributed by atoms with van der Waals surface area (Å²) < 4.78 is 5.67. The number of hydrogen-bond donors (Lipinski definition) is 2. The molecule has 0 amide bonds. The lowest BCUT2D eigenvalue weighted by Crippen LogP contribution is -2.35. The fourth-order valence-electron chi connectivity index (χ4n) is 3.66. The molecular formula is C25H29N5O2. The number of fused-ring (bicyclic) bond motifs is 1. The number of nitrogens with zero attached hydrogens (tertiary/aromatic N) is 3. The van der Waals surface area contributed by atoms with E-state index in [9.17, 15) is 4.79 Å². The van der Waals surface area contributed by atoms with Gasteiger partial charge in [0.2, 0.25) is 5.95 Å². The highest BCUT2D eigenvalue weighted by molar-refractivity contribution is 5.80. The number of rotatable bonds is 9. The van der Waals surface area contributed by atoms with E-state index in [0.29, 0.717) is 12.5 Å². The van der Waals surface area contributed by atoms with Crippen molar-refractivity contribution in [3.8, 4) is 5.75 Å². The lowest BCUT2D eigenvalue weighted by Gasteiger charge is -2.27. The summed E-state index contributed by atoms with van der Waals surface area (Å²) in [6.45, 7) is 5.16. The second kappa shape index (κ2) is 10.7. The molecule has 1 aromatic heterocycles. The monoisotopic (exact) mass is 431 g/mol. The van der Waals surface area contributed by atoms with E-state index in [0.717, 1.165) is 61.5 Å². The zero-order valence-electron chi connectivity index (χ0n) is 18.4. The normalized spacial score (nSPS) is 13.8. The summed E-state index contributed by atoms with van der Waals surface area (Å²) in [5.74, 6) is 1.21. The van der Waals surface area contributed by atoms with Crippen LogP contribution in [-0.2, 0) is 19.5 Å². The zero-order chi connectivity index (χ0) is 22.2. The van der Waals surface area contributed by atoms with E-state index in [1.807, 2.05) is 42.5 Å². The third kappa shape index (κ3) is 5.82. The topological polar surface area (TPSA) is 82.6 Å². The lowest BCUT2D eigenvalue weighted by molar-refractivity contribution is 0.242. The predicted octanol–water partition coefficient (Wildman–Crippen LogP) is 3.95. The number of hydrazone groups is 1. The first-order valence-electron chi connectivity index (χ1n) is 11.1. The Bertz CT molecular complexity index is 1090. The van der Waals surface area contributed by atoms with Gasteiger partial charge >= 0.3 is 0 Å². The second-order valence-corrected chi connectivity index (χ2v) is 7.93. The largest absolute Gasteiger partial charge is 0.494 e. The van der Waals surface area contributed by atoms with E-state index in [-0.39, 0.29) is 5.56 Å². The Balaban J connectivity index is 1.35. The molecule has 2 N–H and O–H groups in total. The maximum Gasteiger partial charge on any atom is 0.257 e. The summed E-state index contributed by atoms with van der Waals surface area (Å²) in [6.07, 6.45) is 4.59. The summed E-state index contributed by atoms with van der Waals surface area (Å²) in [4.78, 5) is 22.3. The molecule has 166 valence electrons. The number of hydrogen-bond acceptors (Lipinski definition) is 6. The van der Waals surface area contributed by atoms with E-state index >= 15 is 0 Å². The predicted molar refractivity (Wildman–Crippen MR) is 127 cm³/mol. The van der Waals surface area contributed by atoms with Crippen LogP contribution < -0.4 is 15.7 Å². The Hall–Kier alpha value is -3.45. The smallest absolute Gasteiger partial charge is 0.257 e. The third-order valence-electron chi connectivity index (χ3n) is 5.43. The Labute approximate surface area is 188 Å². The molecule has 0 fully saturated rings. The minimum absolute atomic E-state index is 0.112. The Morgan fingerprint density at radius 3 is 2.78 bits per heavy atom. The van der Waals surface area contributed by atoms with Gasteiger partial charge in [-0.15, -0.1) is 0 Å². The molecule has 4 rings (SSSR count). The standard InChI is InChI=1S/C25H29N5O2/c1-2-3-15-32-21-11-9-19(10-12-21)16-26-29-25-27-23-13-14-30(18-22(23)24(31)28-25)17-20-7-5-4-6-8-20/h4-12,16H,2-3,13-15,17-18H2,1H3,(H2,27,28,29,31)/b26-16-. The molecule has 2 heterocycles. The van der Waals surface area contributed by atoms with Crippen LogP contribution in [0.25, 0.3) is 0 Å². The van der Waals surface area contributed by atoms with Gasteiger partial charge in [-0.3, -0.25) is 14.7 Å². The van der Waals surface area contributed by atoms with Crippen molar-refractivity contribution in [2.45, 2.75) is 39.3 Å². The molecule has 7 heteroatoms. The molecule has 1 aliphatic heterocycles. The van der Waals surface area contributed by atoms with E-state index in [1.54, 1.807) is 6.21 Å². The minimum atomic E-state index is -0.112. The molecule has 1 aliphatic rings. The van der Waals surface area contributed by atoms with Crippen molar-refractivity contribution >= 4 is 12.2 Å². The number of H-pyrrole nitrogens is 1. The maximum absolute atomic E-state index is 12.6. The molecular weight excluding hydrogens is 402 g/mol. The number of ether oxygens (including phenoxy) is 1. The summed E-state index contributed by atoms with van der Waals surface area (Å²) in [7, 11) is 0. The Morgan fingerprint density at radius 2 is 2.00 bits per heavy atom. The van der Waals surface area contributed by atoms with Crippen molar-refractivity contribution in [2.24, 2.45) is 5.10 Å². The molecule has 0 aliphatic carbocycles. The lowest BCUT2D eigenvalue weighted by atomic mass is 10.1. The number of aromatic nitrogens is 2. The van der Waals surface area contributed by atoms with Gasteiger partial charge in [0.25, 0.3) is 5.56 Å². The van der Waals surface area contributed by atoms with E-state index in [4.69, 9.17) is 4.74 Å². The van der Waals surface area contributed by atoms with Crippen LogP contribution in [0.5, 0.6) is 5.75 Å². The molecule has 7 nitrogen and oxygen atoms in total. The van der Waals surface area contributed by atoms with Gasteiger partial charge in [-0.25, -0.2) is 10.4 Å². The van der Waals surface area contributed by atoms with E-state index in [2.05, 4.69) is 44.5 Å². The Morgan fingerprint density at radius 1 is 1.19 bits per heavy atom. The van der Waals surface area contributed by atoms with Crippen molar-refractivity contribution < 1.29 is 4.74 Å². The van der Waals surface area contributed by atoms with Crippen molar-refractivity contribution in [1.29, 1.82) is 0 Å². The second-order valence-electron chi connectivity index (χ2n) is 7.93. The fourth-order valence-corrected chi connectivity index (χ4v) is 3.66. The molecule has 0 atom stereocenters. The number of benzene rings is 2. The van der Waals surface area contributed by atoms with Crippen LogP contribution in [0.15, 0.2) is 64.5 Å². The van der Waals surface area contributed by atoms with Gasteiger partial charge in [-0.05, 0) is 41.8 Å². The fraction of sp³-hybridized carbons (Fsp3) is 0.320. The zero-order valence-corrected chi connectivity index (χ0v) is 18.4. The summed E-state index contributed by atoms with van der Waals surface area (Å²) in [5.41, 5.74) is 6.48. The van der Waals surface area contributed by atoms with Crippen molar-refractivity contribution in [2.75, 3.05) is 18.6 Å². The average Bonchev–Trinajstić information content (AvgIpc) is 2.81. The molecule has 0 saturated heterocycles. The quantitative estimate of drug-likeness (QED) is 0.305. The van der Waals surface area contributed by atoms with Crippen molar-refractivity contribution in [1.82, 2.24) is 14.9 Å². The van der Waals surface area contributed by atoms with Crippen LogP contribution in [0.4, 0.5) is 5.95 Å². The Kier molecular flexibility index (Phi) is 7.30. The van der Waals surface area contributed by atoms with Gasteiger partial charge in [0.05, 0.1) is 24.1 Å². The van der Waals surface area contributed by atoms with Crippen LogP contribution in [0.2, 0.25) is 0 Å². The van der Waals surface area contributed by atoms with Gasteiger partial charge in [-0.1, -0.05) is 43.7 Å². The van der Waals surface area contributed by atoms with Gasteiger partial charge in [0, 0.05) is 26.1 Å². The SMILES string of the molecule is CCCCOc1ccc(/C=N\Nc2nc3c(c(=O)[nH]2)CN(Cc2ccccc2)CC3)cc1. The van der Waals surface area contributed by atoms with Crippen LogP contribution >= 0.6 is 0 Å². The molecule has 3 aromatic rings. The van der Waals surface area contributed by atoms with Gasteiger partial charge in [0.15, 0.2) is 0 Å². The van der Waals surface area contributed by atoms with Crippen LogP contribution in [0.3, 0.4) is 0 Å². The van der Waals surface area contributed by atoms with Crippen LogP contribution in [0, 0.1) is 0 Å². The van der Waals surface area contributed by atoms with Gasteiger partial charge < -0.3 is 4.74 Å². The number of nitrogens with one attached hydrogen (secondary N) is 2. The first-order valence-corrected chi connectivity index (χ1v) is 11.1. The summed E-state index contributed by atoms with van der Waals surface area (Å²) in [5, 5.41) is 4.22. The van der Waals surface area contributed by atoms with Crippen LogP contribution in [-0.4, -0.2) is 34.2 Å². The molecule has 0 bridgehead atoms. The molecule has 0 spiro atoms. The average molecular weight is 432 g/mol. The van der Waals surface area contributed by atoms with Gasteiger partial charge in [0.1, 0.15) is 5.75 Å². The van der Waals surface area contributed by atoms with E-state index in [1.165, 1.54) is 5.56 Å². The van der Waals surface area contributed by atoms with Crippen molar-refractivity contribution in [3.05, 3.63) is 87.3 Å². The summed E-state index contributed by atoms with van der Waals surface area (Å²) >= 11 is 0. The highest BCUT2D eigenvalue weighted by Crippen LogP contribution is 2.17. The number of anilines is 1. The van der Waals surface area contributed by atoms with Gasteiger partial charge in [-0.2, -0.15) is 5.10 Å². The molecule has 0 radical (unpaired) electrons. The maximum atomic E-state index is 12.6. The first-order chi connectivity index (χ1) is 15.7. The third-order valence-corrected chi connectivity index (χ3v) is 5.43. The highest BCUT2D eigenvalue weighted by atomic mass is 16.5. The molecule has 2 aromatic carbocycles. The minimum Gasteiger partial charge on any atom is -0.494 e. The first kappa shape index (κ1) is 21.8. The number of unbranched alkanes of at least 4 members (excludes halogenated alkanes) is 1. The molecule has 0 saturated carbocycles. The van der Waals surface area contributed by atoms with Crippen LogP contribution in [0.1, 0.15) is 42.1 Å². The molecule has 32 heavy (non-hydrogen) atoms. The van der Waals surface area contributed by atoms with E-state index < -0.39 is 0 Å². The molecule has 0 unspecified atom stereocenters.